The molecule has 0 atom stereocenters. The minimum atomic E-state index is 0. The van der Waals surface area contributed by atoms with Gasteiger partial charge in [-0.05, 0) is 22.0 Å². The molecular formula is C20H24CuS4-4. The Morgan fingerprint density at radius 2 is 0.800 bits per heavy atom. The molecule has 0 saturated carbocycles. The van der Waals surface area contributed by atoms with Gasteiger partial charge in [0.1, 0.15) is 0 Å². The predicted molar refractivity (Wildman–Crippen MR) is 113 cm³/mol. The van der Waals surface area contributed by atoms with Crippen molar-refractivity contribution in [1.82, 2.24) is 0 Å². The molecule has 0 bridgehead atoms. The van der Waals surface area contributed by atoms with E-state index < -0.39 is 0 Å². The first kappa shape index (κ1) is 24.8. The fourth-order valence-corrected chi connectivity index (χ4v) is 2.59. The van der Waals surface area contributed by atoms with Crippen LogP contribution in [0.3, 0.4) is 0 Å². The molecule has 0 unspecified atom stereocenters. The van der Waals surface area contributed by atoms with Crippen molar-refractivity contribution in [3.8, 4) is 0 Å². The summed E-state index contributed by atoms with van der Waals surface area (Å²) in [6, 6.07) is 11.9. The van der Waals surface area contributed by atoms with Gasteiger partial charge in [-0.15, -0.1) is 0 Å². The summed E-state index contributed by atoms with van der Waals surface area (Å²) in [6.07, 6.45) is 0. The zero-order valence-corrected chi connectivity index (χ0v) is 19.6. The van der Waals surface area contributed by atoms with Gasteiger partial charge in [-0.3, -0.25) is 0 Å². The summed E-state index contributed by atoms with van der Waals surface area (Å²) in [5.74, 6) is 0. The van der Waals surface area contributed by atoms with Crippen molar-refractivity contribution in [2.45, 2.75) is 72.0 Å². The van der Waals surface area contributed by atoms with Gasteiger partial charge in [0, 0.05) is 17.1 Å². The van der Waals surface area contributed by atoms with E-state index in [1.807, 2.05) is 24.3 Å². The zero-order valence-electron chi connectivity index (χ0n) is 15.4. The van der Waals surface area contributed by atoms with Crippen LogP contribution in [0.4, 0.5) is 0 Å². The van der Waals surface area contributed by atoms with Crippen LogP contribution in [-0.2, 0) is 78.4 Å². The SMILES string of the molecule is CC(C)(C)c1ccc([S-])c([S-])c1.CC(C)(C)c1ccc([S-])c([S-])c1.[Cu]. The van der Waals surface area contributed by atoms with Crippen molar-refractivity contribution >= 4 is 50.5 Å². The summed E-state index contributed by atoms with van der Waals surface area (Å²) >= 11 is 20.3. The van der Waals surface area contributed by atoms with Gasteiger partial charge in [0.2, 0.25) is 0 Å². The Hall–Kier alpha value is -0.161. The minimum absolute atomic E-state index is 0. The number of hydrogen-bond acceptors (Lipinski definition) is 4. The van der Waals surface area contributed by atoms with Crippen molar-refractivity contribution in [2.24, 2.45) is 0 Å². The molecule has 0 aliphatic rings. The first-order valence-electron chi connectivity index (χ1n) is 7.79. The largest absolute Gasteiger partial charge is 0.781 e. The van der Waals surface area contributed by atoms with Crippen molar-refractivity contribution in [3.05, 3.63) is 47.5 Å². The quantitative estimate of drug-likeness (QED) is 0.375. The van der Waals surface area contributed by atoms with E-state index in [2.05, 4.69) is 53.7 Å². The van der Waals surface area contributed by atoms with E-state index in [0.29, 0.717) is 0 Å². The molecule has 0 nitrogen and oxygen atoms in total. The maximum atomic E-state index is 5.11. The van der Waals surface area contributed by atoms with Crippen LogP contribution in [0, 0.1) is 0 Å². The Balaban J connectivity index is 0.000000443. The van der Waals surface area contributed by atoms with Crippen LogP contribution in [0.25, 0.3) is 0 Å². The van der Waals surface area contributed by atoms with E-state index in [1.165, 1.54) is 11.1 Å². The van der Waals surface area contributed by atoms with E-state index >= 15 is 0 Å². The second-order valence-corrected chi connectivity index (χ2v) is 9.58. The van der Waals surface area contributed by atoms with Gasteiger partial charge in [0.15, 0.2) is 0 Å². The first-order valence-corrected chi connectivity index (χ1v) is 9.43. The Bertz CT molecular complexity index is 636. The maximum absolute atomic E-state index is 5.11. The van der Waals surface area contributed by atoms with Gasteiger partial charge in [-0.1, -0.05) is 77.9 Å². The van der Waals surface area contributed by atoms with Crippen molar-refractivity contribution in [2.75, 3.05) is 0 Å². The molecule has 5 heteroatoms. The van der Waals surface area contributed by atoms with Gasteiger partial charge >= 0.3 is 0 Å². The van der Waals surface area contributed by atoms with Crippen molar-refractivity contribution in [1.29, 1.82) is 0 Å². The Labute approximate surface area is 186 Å². The molecule has 0 N–H and O–H groups in total. The van der Waals surface area contributed by atoms with E-state index in [1.54, 1.807) is 0 Å². The van der Waals surface area contributed by atoms with E-state index in [0.717, 1.165) is 19.6 Å². The third-order valence-electron chi connectivity index (χ3n) is 3.62. The molecule has 0 heterocycles. The van der Waals surface area contributed by atoms with Crippen LogP contribution >= 0.6 is 0 Å². The molecule has 25 heavy (non-hydrogen) atoms. The summed E-state index contributed by atoms with van der Waals surface area (Å²) in [7, 11) is 0. The average molecular weight is 456 g/mol. The van der Waals surface area contributed by atoms with Gasteiger partial charge < -0.3 is 50.5 Å². The van der Waals surface area contributed by atoms with Crippen LogP contribution in [0.5, 0.6) is 0 Å². The van der Waals surface area contributed by atoms with Crippen LogP contribution in [0.1, 0.15) is 52.7 Å². The van der Waals surface area contributed by atoms with E-state index in [9.17, 15) is 0 Å². The molecule has 0 aliphatic heterocycles. The molecular weight excluding hydrogens is 432 g/mol. The third kappa shape index (κ3) is 7.94. The smallest absolute Gasteiger partial charge is 0 e. The summed E-state index contributed by atoms with van der Waals surface area (Å²) < 4.78 is 0. The Morgan fingerprint density at radius 1 is 0.520 bits per heavy atom. The fraction of sp³-hybridized carbons (Fsp3) is 0.400. The summed E-state index contributed by atoms with van der Waals surface area (Å²) in [5.41, 5.74) is 2.83. The molecule has 0 spiro atoms. The molecule has 0 aliphatic carbocycles. The molecule has 0 amide bonds. The topological polar surface area (TPSA) is 0 Å². The number of hydrogen-bond donors (Lipinski definition) is 0. The second-order valence-electron chi connectivity index (χ2n) is 7.82. The summed E-state index contributed by atoms with van der Waals surface area (Å²) in [4.78, 5) is 3.13. The number of rotatable bonds is 0. The molecule has 2 rings (SSSR count). The van der Waals surface area contributed by atoms with Gasteiger partial charge in [0.25, 0.3) is 0 Å². The second kappa shape index (κ2) is 9.68. The summed E-state index contributed by atoms with van der Waals surface area (Å²) in [5, 5.41) is 0. The molecule has 0 saturated heterocycles. The van der Waals surface area contributed by atoms with Crippen LogP contribution in [0.2, 0.25) is 0 Å². The Kier molecular flexibility index (Phi) is 9.62. The normalized spacial score (nSPS) is 11.1. The van der Waals surface area contributed by atoms with E-state index in [-0.39, 0.29) is 27.9 Å². The fourth-order valence-electron chi connectivity index (χ4n) is 1.95. The maximum Gasteiger partial charge on any atom is 0 e. The molecule has 0 aromatic heterocycles. The molecule has 0 fully saturated rings. The van der Waals surface area contributed by atoms with E-state index in [4.69, 9.17) is 50.5 Å². The summed E-state index contributed by atoms with van der Waals surface area (Å²) in [6.45, 7) is 13.0. The molecule has 1 radical (unpaired) electrons. The van der Waals surface area contributed by atoms with Crippen molar-refractivity contribution < 1.29 is 17.1 Å². The Morgan fingerprint density at radius 3 is 1.00 bits per heavy atom. The van der Waals surface area contributed by atoms with Crippen molar-refractivity contribution in [3.63, 3.8) is 0 Å². The molecule has 2 aromatic rings. The van der Waals surface area contributed by atoms with Crippen LogP contribution in [-0.4, -0.2) is 0 Å². The monoisotopic (exact) mass is 455 g/mol. The molecule has 143 valence electrons. The minimum Gasteiger partial charge on any atom is -0.781 e. The average Bonchev–Trinajstić information content (AvgIpc) is 2.43. The van der Waals surface area contributed by atoms with Crippen LogP contribution < -0.4 is 0 Å². The molecule has 2 aromatic carbocycles. The van der Waals surface area contributed by atoms with Gasteiger partial charge in [0.05, 0.1) is 0 Å². The zero-order chi connectivity index (χ0) is 18.7. The first-order chi connectivity index (χ1) is 10.8. The third-order valence-corrected chi connectivity index (χ3v) is 5.27. The predicted octanol–water partition coefficient (Wildman–Crippen LogP) is 5.59. The van der Waals surface area contributed by atoms with Gasteiger partial charge in [-0.25, -0.2) is 0 Å². The standard InChI is InChI=1S/2C10H14S2.Cu/c2*1-10(2,3)7-4-5-8(11)9(12)6-7;/h2*4-6,11-12H,1-3H3;/p-4. The van der Waals surface area contributed by atoms with Crippen LogP contribution in [0.15, 0.2) is 56.0 Å². The number of benzene rings is 2. The van der Waals surface area contributed by atoms with Gasteiger partial charge in [-0.2, -0.15) is 19.6 Å².